The number of nitrogens with one attached hydrogen (secondary N) is 1. The number of carbonyl (C=O) groups excluding carboxylic acids is 3. The first kappa shape index (κ1) is 20.8. The SMILES string of the molecule is CCOC(=O)COc1ccc(/C=C2\C(=O)NN(c3ccc(F)cc3)C2=O)cc1OC. The molecule has 0 aromatic heterocycles. The Labute approximate surface area is 171 Å². The van der Waals surface area contributed by atoms with Gasteiger partial charge >= 0.3 is 5.97 Å². The smallest absolute Gasteiger partial charge is 0.344 e. The van der Waals surface area contributed by atoms with E-state index >= 15 is 0 Å². The van der Waals surface area contributed by atoms with Crippen LogP contribution >= 0.6 is 0 Å². The van der Waals surface area contributed by atoms with Crippen LogP contribution in [0.1, 0.15) is 12.5 Å². The van der Waals surface area contributed by atoms with Gasteiger partial charge in [-0.25, -0.2) is 14.2 Å². The van der Waals surface area contributed by atoms with Gasteiger partial charge in [0.2, 0.25) is 0 Å². The third-order valence-electron chi connectivity index (χ3n) is 4.13. The van der Waals surface area contributed by atoms with Crippen LogP contribution in [-0.2, 0) is 19.1 Å². The monoisotopic (exact) mass is 414 g/mol. The summed E-state index contributed by atoms with van der Waals surface area (Å²) in [5.41, 5.74) is 3.19. The van der Waals surface area contributed by atoms with E-state index in [0.29, 0.717) is 22.7 Å². The third kappa shape index (κ3) is 4.57. The highest BCUT2D eigenvalue weighted by atomic mass is 19.1. The lowest BCUT2D eigenvalue weighted by molar-refractivity contribution is -0.145. The van der Waals surface area contributed by atoms with Gasteiger partial charge in [0.1, 0.15) is 11.4 Å². The number of hydrogen-bond donors (Lipinski definition) is 1. The van der Waals surface area contributed by atoms with Crippen molar-refractivity contribution in [2.75, 3.05) is 25.3 Å². The molecule has 0 radical (unpaired) electrons. The fraction of sp³-hybridized carbons (Fsp3) is 0.190. The van der Waals surface area contributed by atoms with Gasteiger partial charge < -0.3 is 14.2 Å². The molecule has 1 fully saturated rings. The summed E-state index contributed by atoms with van der Waals surface area (Å²) in [6, 6.07) is 9.88. The van der Waals surface area contributed by atoms with Crippen molar-refractivity contribution >= 4 is 29.5 Å². The standard InChI is InChI=1S/C21H19FN2O6/c1-3-29-19(25)12-30-17-9-4-13(11-18(17)28-2)10-16-20(26)23-24(21(16)27)15-7-5-14(22)6-8-15/h4-11H,3,12H2,1-2H3,(H,23,26)/b16-10+. The minimum atomic E-state index is -0.592. The highest BCUT2D eigenvalue weighted by Crippen LogP contribution is 2.30. The van der Waals surface area contributed by atoms with Crippen LogP contribution in [-0.4, -0.2) is 38.1 Å². The van der Waals surface area contributed by atoms with Crippen LogP contribution in [0.4, 0.5) is 10.1 Å². The fourth-order valence-corrected chi connectivity index (χ4v) is 2.73. The molecule has 1 heterocycles. The second kappa shape index (κ2) is 9.08. The van der Waals surface area contributed by atoms with Crippen molar-refractivity contribution in [2.45, 2.75) is 6.92 Å². The second-order valence-electron chi connectivity index (χ2n) is 6.12. The molecule has 3 rings (SSSR count). The Kier molecular flexibility index (Phi) is 6.31. The summed E-state index contributed by atoms with van der Waals surface area (Å²) in [6.45, 7) is 1.66. The summed E-state index contributed by atoms with van der Waals surface area (Å²) in [6.07, 6.45) is 1.40. The van der Waals surface area contributed by atoms with Crippen LogP contribution in [0.3, 0.4) is 0 Å². The number of anilines is 1. The summed E-state index contributed by atoms with van der Waals surface area (Å²) in [4.78, 5) is 36.4. The van der Waals surface area contributed by atoms with Gasteiger partial charge in [-0.3, -0.25) is 15.0 Å². The minimum absolute atomic E-state index is 0.0958. The summed E-state index contributed by atoms with van der Waals surface area (Å²) < 4.78 is 28.6. The van der Waals surface area contributed by atoms with E-state index in [1.54, 1.807) is 25.1 Å². The van der Waals surface area contributed by atoms with Gasteiger partial charge in [0.05, 0.1) is 19.4 Å². The molecule has 30 heavy (non-hydrogen) atoms. The Morgan fingerprint density at radius 3 is 2.53 bits per heavy atom. The Hall–Kier alpha value is -3.88. The molecule has 156 valence electrons. The van der Waals surface area contributed by atoms with Crippen LogP contribution in [0.15, 0.2) is 48.0 Å². The number of halogens is 1. The molecule has 2 aromatic rings. The average Bonchev–Trinajstić information content (AvgIpc) is 3.01. The van der Waals surface area contributed by atoms with Crippen molar-refractivity contribution in [1.29, 1.82) is 0 Å². The van der Waals surface area contributed by atoms with Crippen LogP contribution < -0.4 is 19.9 Å². The van der Waals surface area contributed by atoms with Crippen molar-refractivity contribution in [3.8, 4) is 11.5 Å². The molecule has 0 bridgehead atoms. The van der Waals surface area contributed by atoms with Gasteiger partial charge in [-0.05, 0) is 55.0 Å². The summed E-state index contributed by atoms with van der Waals surface area (Å²) in [5, 5.41) is 1.04. The molecule has 9 heteroatoms. The zero-order chi connectivity index (χ0) is 21.7. The molecule has 1 N–H and O–H groups in total. The molecule has 1 saturated heterocycles. The van der Waals surface area contributed by atoms with E-state index in [0.717, 1.165) is 5.01 Å². The van der Waals surface area contributed by atoms with Gasteiger partial charge in [0.15, 0.2) is 18.1 Å². The molecule has 8 nitrogen and oxygen atoms in total. The van der Waals surface area contributed by atoms with E-state index < -0.39 is 23.6 Å². The maximum Gasteiger partial charge on any atom is 0.344 e. The lowest BCUT2D eigenvalue weighted by Gasteiger charge is -2.14. The maximum absolute atomic E-state index is 13.1. The summed E-state index contributed by atoms with van der Waals surface area (Å²) in [5.74, 6) is -1.51. The molecule has 0 atom stereocenters. The van der Waals surface area contributed by atoms with E-state index in [1.165, 1.54) is 37.5 Å². The van der Waals surface area contributed by atoms with Crippen molar-refractivity contribution in [3.63, 3.8) is 0 Å². The molecule has 0 unspecified atom stereocenters. The molecule has 0 spiro atoms. The number of ether oxygens (including phenoxy) is 3. The topological polar surface area (TPSA) is 94.2 Å². The molecule has 1 aliphatic rings. The summed E-state index contributed by atoms with van der Waals surface area (Å²) in [7, 11) is 1.42. The zero-order valence-corrected chi connectivity index (χ0v) is 16.3. The fourth-order valence-electron chi connectivity index (χ4n) is 2.73. The first-order valence-corrected chi connectivity index (χ1v) is 9.02. The second-order valence-corrected chi connectivity index (χ2v) is 6.12. The van der Waals surface area contributed by atoms with Gasteiger partial charge in [0, 0.05) is 0 Å². The maximum atomic E-state index is 13.1. The van der Waals surface area contributed by atoms with Crippen molar-refractivity contribution in [3.05, 3.63) is 59.4 Å². The Morgan fingerprint density at radius 2 is 1.87 bits per heavy atom. The average molecular weight is 414 g/mol. The Morgan fingerprint density at radius 1 is 1.13 bits per heavy atom. The van der Waals surface area contributed by atoms with Gasteiger partial charge in [0.25, 0.3) is 11.8 Å². The van der Waals surface area contributed by atoms with Gasteiger partial charge in [-0.2, -0.15) is 0 Å². The lowest BCUT2D eigenvalue weighted by Crippen LogP contribution is -2.35. The van der Waals surface area contributed by atoms with Crippen molar-refractivity contribution in [1.82, 2.24) is 5.43 Å². The van der Waals surface area contributed by atoms with Gasteiger partial charge in [-0.1, -0.05) is 6.07 Å². The first-order valence-electron chi connectivity index (χ1n) is 9.02. The van der Waals surface area contributed by atoms with Crippen LogP contribution in [0.5, 0.6) is 11.5 Å². The number of benzene rings is 2. The van der Waals surface area contributed by atoms with E-state index in [1.807, 2.05) is 0 Å². The molecule has 0 saturated carbocycles. The minimum Gasteiger partial charge on any atom is -0.493 e. The number of rotatable bonds is 7. The molecule has 2 amide bonds. The van der Waals surface area contributed by atoms with Gasteiger partial charge in [-0.15, -0.1) is 0 Å². The highest BCUT2D eigenvalue weighted by Gasteiger charge is 2.34. The number of hydrazine groups is 1. The molecule has 1 aliphatic heterocycles. The normalized spacial score (nSPS) is 14.6. The molecule has 2 aromatic carbocycles. The van der Waals surface area contributed by atoms with Crippen LogP contribution in [0.2, 0.25) is 0 Å². The predicted octanol–water partition coefficient (Wildman–Crippen LogP) is 2.24. The molecular weight excluding hydrogens is 395 g/mol. The third-order valence-corrected chi connectivity index (χ3v) is 4.13. The van der Waals surface area contributed by atoms with Crippen LogP contribution in [0, 0.1) is 5.82 Å². The van der Waals surface area contributed by atoms with Crippen molar-refractivity contribution in [2.24, 2.45) is 0 Å². The number of amides is 2. The molecular formula is C21H19FN2O6. The Balaban J connectivity index is 1.80. The zero-order valence-electron chi connectivity index (χ0n) is 16.3. The van der Waals surface area contributed by atoms with E-state index in [4.69, 9.17) is 14.2 Å². The predicted molar refractivity (Wildman–Crippen MR) is 105 cm³/mol. The van der Waals surface area contributed by atoms with Crippen molar-refractivity contribution < 1.29 is 33.0 Å². The largest absolute Gasteiger partial charge is 0.493 e. The Bertz CT molecular complexity index is 1000. The van der Waals surface area contributed by atoms with E-state index in [-0.39, 0.29) is 18.8 Å². The van der Waals surface area contributed by atoms with E-state index in [9.17, 15) is 18.8 Å². The summed E-state index contributed by atoms with van der Waals surface area (Å²) >= 11 is 0. The number of methoxy groups -OCH3 is 1. The first-order chi connectivity index (χ1) is 14.4. The van der Waals surface area contributed by atoms with Crippen LogP contribution in [0.25, 0.3) is 6.08 Å². The highest BCUT2D eigenvalue weighted by molar-refractivity contribution is 6.31. The number of hydrogen-bond acceptors (Lipinski definition) is 6. The number of esters is 1. The number of nitrogens with zero attached hydrogens (tertiary/aromatic N) is 1. The lowest BCUT2D eigenvalue weighted by atomic mass is 10.1. The molecule has 0 aliphatic carbocycles. The van der Waals surface area contributed by atoms with E-state index in [2.05, 4.69) is 5.43 Å². The quantitative estimate of drug-likeness (QED) is 0.424. The number of carbonyl (C=O) groups is 3.